The summed E-state index contributed by atoms with van der Waals surface area (Å²) in [5.41, 5.74) is 6.78. The molecule has 3 rings (SSSR count). The highest BCUT2D eigenvalue weighted by atomic mass is 32.1. The Morgan fingerprint density at radius 2 is 2.00 bits per heavy atom. The molecule has 3 aromatic rings. The minimum Gasteiger partial charge on any atom is -0.384 e. The largest absolute Gasteiger partial charge is 0.384 e. The van der Waals surface area contributed by atoms with E-state index < -0.39 is 0 Å². The molecule has 1 aromatic carbocycles. The summed E-state index contributed by atoms with van der Waals surface area (Å²) in [5.74, 6) is 1.76. The number of anilines is 2. The Morgan fingerprint density at radius 3 is 2.75 bits per heavy atom. The maximum Gasteiger partial charge on any atom is 0.163 e. The fraction of sp³-hybridized carbons (Fsp3) is 0.0714. The Bertz CT molecular complexity index is 682. The van der Waals surface area contributed by atoms with Crippen LogP contribution in [0, 0.1) is 0 Å². The summed E-state index contributed by atoms with van der Waals surface area (Å²) in [6.45, 7) is 0.627. The highest BCUT2D eigenvalue weighted by Crippen LogP contribution is 2.19. The molecule has 0 radical (unpaired) electrons. The number of nitrogen functional groups attached to an aromatic ring is 1. The summed E-state index contributed by atoms with van der Waals surface area (Å²) in [5, 5.41) is 6.16. The molecule has 0 amide bonds. The van der Waals surface area contributed by atoms with Crippen LogP contribution < -0.4 is 11.1 Å². The number of hydrogen-bond acceptors (Lipinski definition) is 6. The van der Waals surface area contributed by atoms with Gasteiger partial charge in [0.1, 0.15) is 16.6 Å². The number of rotatable bonds is 4. The summed E-state index contributed by atoms with van der Waals surface area (Å²) in [7, 11) is 0. The zero-order valence-electron chi connectivity index (χ0n) is 10.7. The number of nitrogens with zero attached hydrogens (tertiary/aromatic N) is 3. The summed E-state index contributed by atoms with van der Waals surface area (Å²) in [6, 6.07) is 11.5. The predicted molar refractivity (Wildman–Crippen MR) is 81.3 cm³/mol. The quantitative estimate of drug-likeness (QED) is 0.770. The van der Waals surface area contributed by atoms with E-state index >= 15 is 0 Å². The second-order valence-corrected chi connectivity index (χ2v) is 5.13. The summed E-state index contributed by atoms with van der Waals surface area (Å²) < 4.78 is 0. The lowest BCUT2D eigenvalue weighted by Gasteiger charge is -2.07. The van der Waals surface area contributed by atoms with Crippen LogP contribution >= 0.6 is 11.3 Å². The van der Waals surface area contributed by atoms with Gasteiger partial charge in [0.25, 0.3) is 0 Å². The first-order valence-corrected chi connectivity index (χ1v) is 7.01. The zero-order chi connectivity index (χ0) is 13.8. The van der Waals surface area contributed by atoms with Crippen molar-refractivity contribution in [3.05, 3.63) is 53.0 Å². The van der Waals surface area contributed by atoms with Crippen LogP contribution in [0.1, 0.15) is 5.01 Å². The summed E-state index contributed by atoms with van der Waals surface area (Å²) >= 11 is 1.60. The van der Waals surface area contributed by atoms with Crippen LogP contribution in [0.2, 0.25) is 0 Å². The molecule has 2 aromatic heterocycles. The smallest absolute Gasteiger partial charge is 0.163 e. The molecule has 5 nitrogen and oxygen atoms in total. The molecule has 0 atom stereocenters. The normalized spacial score (nSPS) is 10.4. The number of aromatic nitrogens is 3. The molecular weight excluding hydrogens is 270 g/mol. The van der Waals surface area contributed by atoms with Gasteiger partial charge in [-0.2, -0.15) is 0 Å². The van der Waals surface area contributed by atoms with Crippen LogP contribution in [0.15, 0.2) is 48.0 Å². The molecule has 2 heterocycles. The SMILES string of the molecule is Nc1cc(NCc2nccs2)nc(-c2ccccc2)n1. The van der Waals surface area contributed by atoms with Crippen molar-refractivity contribution in [3.63, 3.8) is 0 Å². The van der Waals surface area contributed by atoms with Crippen LogP contribution in [0.5, 0.6) is 0 Å². The van der Waals surface area contributed by atoms with Gasteiger partial charge in [-0.3, -0.25) is 0 Å². The fourth-order valence-corrected chi connectivity index (χ4v) is 2.34. The van der Waals surface area contributed by atoms with Crippen molar-refractivity contribution in [1.29, 1.82) is 0 Å². The molecule has 0 aliphatic rings. The third-order valence-electron chi connectivity index (χ3n) is 2.68. The van der Waals surface area contributed by atoms with E-state index in [-0.39, 0.29) is 0 Å². The Kier molecular flexibility index (Phi) is 3.56. The summed E-state index contributed by atoms with van der Waals surface area (Å²) in [6.07, 6.45) is 1.78. The van der Waals surface area contributed by atoms with Gasteiger partial charge in [0, 0.05) is 23.2 Å². The van der Waals surface area contributed by atoms with E-state index in [4.69, 9.17) is 5.73 Å². The van der Waals surface area contributed by atoms with Crippen molar-refractivity contribution >= 4 is 23.0 Å². The van der Waals surface area contributed by atoms with E-state index in [9.17, 15) is 0 Å². The third-order valence-corrected chi connectivity index (χ3v) is 3.46. The Balaban J connectivity index is 1.83. The number of nitrogens with two attached hydrogens (primary N) is 1. The maximum absolute atomic E-state index is 5.84. The molecular formula is C14H13N5S. The summed E-state index contributed by atoms with van der Waals surface area (Å²) in [4.78, 5) is 13.0. The van der Waals surface area contributed by atoms with Crippen molar-refractivity contribution in [3.8, 4) is 11.4 Å². The highest BCUT2D eigenvalue weighted by molar-refractivity contribution is 7.09. The second-order valence-electron chi connectivity index (χ2n) is 4.15. The number of hydrogen-bond donors (Lipinski definition) is 2. The van der Waals surface area contributed by atoms with Crippen LogP contribution in [-0.2, 0) is 6.54 Å². The first kappa shape index (κ1) is 12.6. The van der Waals surface area contributed by atoms with Gasteiger partial charge in [0.2, 0.25) is 0 Å². The van der Waals surface area contributed by atoms with Gasteiger partial charge in [-0.15, -0.1) is 11.3 Å². The lowest BCUT2D eigenvalue weighted by molar-refractivity contribution is 1.06. The molecule has 0 unspecified atom stereocenters. The van der Waals surface area contributed by atoms with E-state index in [1.54, 1.807) is 23.6 Å². The topological polar surface area (TPSA) is 76.7 Å². The minimum atomic E-state index is 0.445. The molecule has 100 valence electrons. The van der Waals surface area contributed by atoms with Crippen LogP contribution in [0.3, 0.4) is 0 Å². The molecule has 0 aliphatic heterocycles. The van der Waals surface area contributed by atoms with Crippen molar-refractivity contribution < 1.29 is 0 Å². The van der Waals surface area contributed by atoms with Gasteiger partial charge >= 0.3 is 0 Å². The first-order chi connectivity index (χ1) is 9.81. The first-order valence-electron chi connectivity index (χ1n) is 6.13. The van der Waals surface area contributed by atoms with Gasteiger partial charge in [-0.1, -0.05) is 30.3 Å². The lowest BCUT2D eigenvalue weighted by atomic mass is 10.2. The molecule has 0 bridgehead atoms. The Hall–Kier alpha value is -2.47. The zero-order valence-corrected chi connectivity index (χ0v) is 11.5. The molecule has 0 saturated carbocycles. The average Bonchev–Trinajstić information content (AvgIpc) is 2.99. The monoisotopic (exact) mass is 283 g/mol. The Labute approximate surface area is 120 Å². The number of nitrogens with one attached hydrogen (secondary N) is 1. The highest BCUT2D eigenvalue weighted by Gasteiger charge is 2.05. The average molecular weight is 283 g/mol. The van der Waals surface area contributed by atoms with Gasteiger partial charge in [0.05, 0.1) is 6.54 Å². The molecule has 0 saturated heterocycles. The van der Waals surface area contributed by atoms with Crippen molar-refractivity contribution in [1.82, 2.24) is 15.0 Å². The number of thiazole rings is 1. The molecule has 0 fully saturated rings. The van der Waals surface area contributed by atoms with E-state index in [1.165, 1.54) is 0 Å². The molecule has 3 N–H and O–H groups in total. The van der Waals surface area contributed by atoms with E-state index in [1.807, 2.05) is 35.7 Å². The molecule has 0 spiro atoms. The Morgan fingerprint density at radius 1 is 1.15 bits per heavy atom. The van der Waals surface area contributed by atoms with E-state index in [0.717, 1.165) is 10.6 Å². The molecule has 0 aliphatic carbocycles. The fourth-order valence-electron chi connectivity index (χ4n) is 1.78. The van der Waals surface area contributed by atoms with Gasteiger partial charge < -0.3 is 11.1 Å². The van der Waals surface area contributed by atoms with Crippen molar-refractivity contribution in [2.75, 3.05) is 11.1 Å². The van der Waals surface area contributed by atoms with Crippen molar-refractivity contribution in [2.45, 2.75) is 6.54 Å². The van der Waals surface area contributed by atoms with Crippen molar-refractivity contribution in [2.24, 2.45) is 0 Å². The third kappa shape index (κ3) is 2.92. The predicted octanol–water partition coefficient (Wildman–Crippen LogP) is 2.79. The van der Waals surface area contributed by atoms with Gasteiger partial charge in [-0.25, -0.2) is 15.0 Å². The minimum absolute atomic E-state index is 0.445. The second kappa shape index (κ2) is 5.66. The molecule has 20 heavy (non-hydrogen) atoms. The van der Waals surface area contributed by atoms with Crippen LogP contribution in [0.25, 0.3) is 11.4 Å². The maximum atomic E-state index is 5.84. The number of benzene rings is 1. The van der Waals surface area contributed by atoms with Crippen LogP contribution in [0.4, 0.5) is 11.6 Å². The standard InChI is InChI=1S/C14H13N5S/c15-11-8-12(17-9-13-16-6-7-20-13)19-14(18-11)10-4-2-1-3-5-10/h1-8H,9H2,(H3,15,17,18,19). The van der Waals surface area contributed by atoms with E-state index in [0.29, 0.717) is 24.0 Å². The molecule has 6 heteroatoms. The van der Waals surface area contributed by atoms with E-state index in [2.05, 4.69) is 20.3 Å². The van der Waals surface area contributed by atoms with Gasteiger partial charge in [-0.05, 0) is 0 Å². The van der Waals surface area contributed by atoms with Crippen LogP contribution in [-0.4, -0.2) is 15.0 Å². The van der Waals surface area contributed by atoms with Gasteiger partial charge in [0.15, 0.2) is 5.82 Å². The lowest BCUT2D eigenvalue weighted by Crippen LogP contribution is -2.04.